The molecule has 1 amide bonds. The first-order chi connectivity index (χ1) is 12.6. The summed E-state index contributed by atoms with van der Waals surface area (Å²) < 4.78 is 0. The monoisotopic (exact) mass is 731 g/mol. The van der Waals surface area contributed by atoms with Gasteiger partial charge in [0.2, 0.25) is 5.91 Å². The van der Waals surface area contributed by atoms with Gasteiger partial charge in [0.05, 0.1) is 0 Å². The molecule has 28 heavy (non-hydrogen) atoms. The second kappa shape index (κ2) is 56.6. The Morgan fingerprint density at radius 1 is 1.04 bits per heavy atom. The van der Waals surface area contributed by atoms with Gasteiger partial charge in [-0.2, -0.15) is 36.4 Å². The molecular formula is C21H39I2NO2VY-2. The van der Waals surface area contributed by atoms with E-state index in [0.717, 1.165) is 0 Å². The maximum Gasteiger partial charge on any atom is 0 e. The van der Waals surface area contributed by atoms with E-state index in [-0.39, 0.29) is 58.2 Å². The molecule has 0 saturated heterocycles. The average Bonchev–Trinajstić information content (AvgIpc) is 2.72. The summed E-state index contributed by atoms with van der Waals surface area (Å²) >= 11 is 4.74. The summed E-state index contributed by atoms with van der Waals surface area (Å²) in [5.41, 5.74) is 0. The number of amides is 1. The van der Waals surface area contributed by atoms with Crippen molar-refractivity contribution in [1.82, 2.24) is 0 Å². The first kappa shape index (κ1) is 47.2. The predicted molar refractivity (Wildman–Crippen MR) is 137 cm³/mol. The molecule has 0 saturated carbocycles. The minimum absolute atomic E-state index is 0. The predicted octanol–water partition coefficient (Wildman–Crippen LogP) is 8.15. The third-order valence-corrected chi connectivity index (χ3v) is 1.68. The number of Topliss-reactive ketones (excluding diaryl/α,β-unsaturated/α-hetero) is 1. The topological polar surface area (TPSA) is 46.5 Å². The summed E-state index contributed by atoms with van der Waals surface area (Å²) in [6.07, 6.45) is 2.64. The molecule has 0 aromatic heterocycles. The van der Waals surface area contributed by atoms with Gasteiger partial charge in [-0.05, 0) is 13.3 Å². The van der Waals surface area contributed by atoms with Gasteiger partial charge in [0, 0.05) is 45.3 Å². The molecule has 0 spiro atoms. The van der Waals surface area contributed by atoms with Crippen molar-refractivity contribution in [2.24, 2.45) is 4.99 Å². The first-order valence-electron chi connectivity index (χ1n) is 8.75. The summed E-state index contributed by atoms with van der Waals surface area (Å²) in [7, 11) is 0.628. The van der Waals surface area contributed by atoms with E-state index in [1.807, 2.05) is 71.9 Å². The summed E-state index contributed by atoms with van der Waals surface area (Å²) in [5.74, 6) is -0.132. The molecule has 1 aromatic carbocycles. The number of carbonyl (C=O) groups is 2. The van der Waals surface area contributed by atoms with E-state index in [2.05, 4.69) is 57.9 Å². The largest absolute Gasteiger partial charge is 0.184 e. The summed E-state index contributed by atoms with van der Waals surface area (Å²) in [4.78, 5) is 24.4. The van der Waals surface area contributed by atoms with Crippen molar-refractivity contribution < 1.29 is 51.8 Å². The minimum atomic E-state index is -0.242. The number of aliphatic imine (C=N–C) groups is 1. The smallest absolute Gasteiger partial charge is 0 e. The summed E-state index contributed by atoms with van der Waals surface area (Å²) in [6.45, 7) is 16.9. The van der Waals surface area contributed by atoms with Crippen LogP contribution in [0.2, 0.25) is 0 Å². The van der Waals surface area contributed by atoms with Crippen LogP contribution in [0.5, 0.6) is 0 Å². The Morgan fingerprint density at radius 3 is 1.64 bits per heavy atom. The van der Waals surface area contributed by atoms with Gasteiger partial charge in [-0.25, -0.2) is 4.99 Å². The van der Waals surface area contributed by atoms with Gasteiger partial charge >= 0.3 is 49.4 Å². The Hall–Kier alpha value is 1.38. The molecule has 164 valence electrons. The van der Waals surface area contributed by atoms with Gasteiger partial charge in [-0.15, -0.1) is 0 Å². The van der Waals surface area contributed by atoms with E-state index in [1.54, 1.807) is 0 Å². The van der Waals surface area contributed by atoms with E-state index >= 15 is 0 Å². The van der Waals surface area contributed by atoms with Crippen LogP contribution < -0.4 is 0 Å². The quantitative estimate of drug-likeness (QED) is 0.179. The zero-order valence-electron chi connectivity index (χ0n) is 17.8. The van der Waals surface area contributed by atoms with Crippen LogP contribution in [0.4, 0.5) is 0 Å². The zero-order chi connectivity index (χ0) is 21.6. The molecule has 0 fully saturated rings. The van der Waals surface area contributed by atoms with E-state index in [0.29, 0.717) is 22.3 Å². The van der Waals surface area contributed by atoms with Gasteiger partial charge in [-0.1, -0.05) is 55.4 Å². The summed E-state index contributed by atoms with van der Waals surface area (Å²) in [5, 5.41) is 0. The number of carbonyl (C=O) groups excluding carboxylic acids is 2. The average molecular weight is 731 g/mol. The molecule has 3 nitrogen and oxygen atoms in total. The van der Waals surface area contributed by atoms with Crippen molar-refractivity contribution in [1.29, 1.82) is 0 Å². The van der Waals surface area contributed by atoms with Gasteiger partial charge in [0.15, 0.2) is 0 Å². The van der Waals surface area contributed by atoms with Crippen LogP contribution in [0.3, 0.4) is 0 Å². The maximum atomic E-state index is 10.5. The van der Waals surface area contributed by atoms with Crippen LogP contribution in [0.15, 0.2) is 35.3 Å². The fourth-order valence-electron chi connectivity index (χ4n) is 0.841. The molecule has 7 heteroatoms. The molecule has 0 bridgehead atoms. The van der Waals surface area contributed by atoms with Crippen molar-refractivity contribution >= 4 is 57.9 Å². The molecule has 1 rings (SSSR count). The molecule has 0 atom stereocenters. The van der Waals surface area contributed by atoms with Crippen molar-refractivity contribution in [3.63, 3.8) is 0 Å². The van der Waals surface area contributed by atoms with Gasteiger partial charge in [-0.3, -0.25) is 4.79 Å². The molecule has 0 aliphatic rings. The maximum absolute atomic E-state index is 10.5. The van der Waals surface area contributed by atoms with Crippen molar-refractivity contribution in [3.05, 3.63) is 43.3 Å². The van der Waals surface area contributed by atoms with Crippen LogP contribution in [-0.4, -0.2) is 17.9 Å². The zero-order valence-corrected chi connectivity index (χ0v) is 26.4. The van der Waals surface area contributed by atoms with Crippen molar-refractivity contribution in [2.45, 2.75) is 75.2 Å². The van der Waals surface area contributed by atoms with Gasteiger partial charge in [0.25, 0.3) is 0 Å². The first-order valence-corrected chi connectivity index (χ1v) is 17.8. The molecule has 1 aromatic rings. The van der Waals surface area contributed by atoms with Crippen LogP contribution in [-0.2, 0) is 51.8 Å². The number of benzene rings is 1. The van der Waals surface area contributed by atoms with E-state index in [9.17, 15) is 9.59 Å². The Bertz CT molecular complexity index is 355. The third kappa shape index (κ3) is 71.0. The Balaban J connectivity index is -0.0000000444. The van der Waals surface area contributed by atoms with E-state index < -0.39 is 0 Å². The number of rotatable bonds is 4. The van der Waals surface area contributed by atoms with Crippen LogP contribution in [0.1, 0.15) is 75.2 Å². The Kier molecular flexibility index (Phi) is 95.6. The van der Waals surface area contributed by atoms with Crippen LogP contribution >= 0.6 is 40.0 Å². The van der Waals surface area contributed by atoms with Crippen LogP contribution in [0, 0.1) is 13.0 Å². The molecule has 0 heterocycles. The normalized spacial score (nSPS) is 6.93. The standard InChI is InChI=1S/C8H12NO2.C6H5.3C2H6.CH4.2HI.V.Y/c1-3-8(11)9-6-4-5-7(2)10;1-2-4-6-5-3-1;3*1-2;;;;;/h6H,1,3-5H2,2H3;1-5H;3*1-2H3;1H4;2*1H;;/q2*-1;;;;;;;+2;/p-2. The third-order valence-electron chi connectivity index (χ3n) is 1.68. The molecule has 0 unspecified atom stereocenters. The van der Waals surface area contributed by atoms with Crippen LogP contribution in [0.25, 0.3) is 0 Å². The molecular weight excluding hydrogens is 692 g/mol. The Labute approximate surface area is 230 Å². The van der Waals surface area contributed by atoms with Gasteiger partial charge < -0.3 is 11.7 Å². The second-order valence-corrected chi connectivity index (χ2v) is 15.1. The summed E-state index contributed by atoms with van der Waals surface area (Å²) in [6, 6.07) is 12.5. The fourth-order valence-corrected chi connectivity index (χ4v) is 0.841. The van der Waals surface area contributed by atoms with Crippen molar-refractivity contribution in [3.8, 4) is 0 Å². The second-order valence-electron chi connectivity index (χ2n) is 3.34. The van der Waals surface area contributed by atoms with Gasteiger partial charge in [0.1, 0.15) is 5.78 Å². The minimum Gasteiger partial charge on any atom is -0.184 e. The Morgan fingerprint density at radius 2 is 1.43 bits per heavy atom. The number of hydrogen-bond donors (Lipinski definition) is 0. The number of halogens is 2. The SMILES string of the molecule is C.CC.CC.CC.[CH2-]CC(=O)N=CCCC(C)=O.[I][V][I].[Y].[c-]1ccccc1. The molecule has 0 aliphatic carbocycles. The molecule has 0 aliphatic heterocycles. The van der Waals surface area contributed by atoms with E-state index in [4.69, 9.17) is 0 Å². The number of nitrogens with zero attached hydrogens (tertiary/aromatic N) is 1. The molecule has 1 radical (unpaired) electrons. The fraction of sp³-hybridized carbons (Fsp3) is 0.524. The molecule has 0 N–H and O–H groups in total. The number of ketones is 1. The van der Waals surface area contributed by atoms with E-state index in [1.165, 1.54) is 13.1 Å². The van der Waals surface area contributed by atoms with Crippen molar-refractivity contribution in [2.75, 3.05) is 0 Å². The number of hydrogen-bond acceptors (Lipinski definition) is 2.